The number of carbonyl (C=O) groups is 1. The fourth-order valence-electron chi connectivity index (χ4n) is 2.72. The highest BCUT2D eigenvalue weighted by atomic mass is 16.3. The van der Waals surface area contributed by atoms with E-state index in [1.54, 1.807) is 17.1 Å². The quantitative estimate of drug-likeness (QED) is 0.818. The molecule has 0 radical (unpaired) electrons. The summed E-state index contributed by atoms with van der Waals surface area (Å²) in [7, 11) is 0. The maximum atomic E-state index is 11.8. The summed E-state index contributed by atoms with van der Waals surface area (Å²) in [6.45, 7) is 3.07. The van der Waals surface area contributed by atoms with Crippen LogP contribution in [0.15, 0.2) is 12.4 Å². The van der Waals surface area contributed by atoms with Gasteiger partial charge in [0.05, 0.1) is 18.3 Å². The van der Waals surface area contributed by atoms with Gasteiger partial charge in [0.2, 0.25) is 5.91 Å². The van der Waals surface area contributed by atoms with Crippen molar-refractivity contribution in [1.82, 2.24) is 20.3 Å². The Bertz CT molecular complexity index is 411. The van der Waals surface area contributed by atoms with E-state index in [2.05, 4.69) is 22.6 Å². The minimum absolute atomic E-state index is 0.0495. The van der Waals surface area contributed by atoms with Crippen molar-refractivity contribution < 1.29 is 9.90 Å². The lowest BCUT2D eigenvalue weighted by Gasteiger charge is -2.35. The summed E-state index contributed by atoms with van der Waals surface area (Å²) in [6.07, 6.45) is 8.55. The van der Waals surface area contributed by atoms with Crippen LogP contribution < -0.4 is 5.32 Å². The number of hydrogen-bond donors (Lipinski definition) is 2. The molecule has 1 aromatic rings. The summed E-state index contributed by atoms with van der Waals surface area (Å²) >= 11 is 0. The Morgan fingerprint density at radius 1 is 1.50 bits per heavy atom. The van der Waals surface area contributed by atoms with E-state index in [0.29, 0.717) is 19.5 Å². The van der Waals surface area contributed by atoms with Gasteiger partial charge in [-0.3, -0.25) is 9.48 Å². The number of rotatable bonds is 6. The largest absolute Gasteiger partial charge is 0.388 e. The maximum absolute atomic E-state index is 11.8. The lowest BCUT2D eigenvalue weighted by atomic mass is 9.78. The summed E-state index contributed by atoms with van der Waals surface area (Å²) < 4.78 is 1.63. The number of aromatic nitrogens is 3. The van der Waals surface area contributed by atoms with Gasteiger partial charge in [-0.2, -0.15) is 0 Å². The second kappa shape index (κ2) is 6.83. The molecular weight excluding hydrogens is 256 g/mol. The fourth-order valence-corrected chi connectivity index (χ4v) is 2.72. The first-order valence-corrected chi connectivity index (χ1v) is 7.44. The minimum atomic E-state index is -0.714. The number of nitrogens with one attached hydrogen (secondary N) is 1. The first kappa shape index (κ1) is 15.0. The Labute approximate surface area is 119 Å². The Morgan fingerprint density at radius 3 is 2.85 bits per heavy atom. The molecule has 1 heterocycles. The number of amides is 1. The van der Waals surface area contributed by atoms with Gasteiger partial charge in [0, 0.05) is 19.2 Å². The Morgan fingerprint density at radius 2 is 2.25 bits per heavy atom. The van der Waals surface area contributed by atoms with Gasteiger partial charge in [-0.15, -0.1) is 5.10 Å². The maximum Gasteiger partial charge on any atom is 0.221 e. The molecule has 6 heteroatoms. The zero-order valence-electron chi connectivity index (χ0n) is 12.1. The average molecular weight is 280 g/mol. The van der Waals surface area contributed by atoms with E-state index in [9.17, 15) is 9.90 Å². The monoisotopic (exact) mass is 280 g/mol. The van der Waals surface area contributed by atoms with E-state index in [-0.39, 0.29) is 5.91 Å². The van der Waals surface area contributed by atoms with Crippen molar-refractivity contribution in [3.63, 3.8) is 0 Å². The average Bonchev–Trinajstić information content (AvgIpc) is 2.97. The van der Waals surface area contributed by atoms with Crippen LogP contribution in [0, 0.1) is 5.92 Å². The third-order valence-electron chi connectivity index (χ3n) is 4.27. The van der Waals surface area contributed by atoms with Crippen LogP contribution in [0.25, 0.3) is 0 Å². The zero-order valence-corrected chi connectivity index (χ0v) is 12.1. The van der Waals surface area contributed by atoms with Crippen LogP contribution in [-0.4, -0.2) is 38.2 Å². The van der Waals surface area contributed by atoms with Gasteiger partial charge in [-0.1, -0.05) is 18.6 Å². The molecule has 0 spiro atoms. The normalized spacial score (nSPS) is 26.4. The predicted octanol–water partition coefficient (Wildman–Crippen LogP) is 1.12. The van der Waals surface area contributed by atoms with Crippen LogP contribution >= 0.6 is 0 Å². The van der Waals surface area contributed by atoms with Crippen LogP contribution in [0.1, 0.15) is 45.4 Å². The Hall–Kier alpha value is -1.43. The standard InChI is InChI=1S/C14H24N4O2/c1-2-12-3-6-14(20,7-4-12)11-15-13(19)5-9-18-10-8-16-17-18/h8,10,12,20H,2-7,9,11H2,1H3,(H,15,19). The van der Waals surface area contributed by atoms with Crippen molar-refractivity contribution in [3.8, 4) is 0 Å². The highest BCUT2D eigenvalue weighted by Gasteiger charge is 2.32. The molecule has 0 aromatic carbocycles. The van der Waals surface area contributed by atoms with Crippen LogP contribution in [0.5, 0.6) is 0 Å². The smallest absolute Gasteiger partial charge is 0.221 e. The van der Waals surface area contributed by atoms with E-state index < -0.39 is 5.60 Å². The zero-order chi connectivity index (χ0) is 14.4. The number of aliphatic hydroxyl groups is 1. The molecule has 0 unspecified atom stereocenters. The second-order valence-corrected chi connectivity index (χ2v) is 5.77. The van der Waals surface area contributed by atoms with E-state index in [1.807, 2.05) is 0 Å². The van der Waals surface area contributed by atoms with E-state index >= 15 is 0 Å². The first-order chi connectivity index (χ1) is 9.61. The van der Waals surface area contributed by atoms with E-state index in [1.165, 1.54) is 6.42 Å². The van der Waals surface area contributed by atoms with Crippen LogP contribution in [0.4, 0.5) is 0 Å². The molecule has 1 aliphatic carbocycles. The molecule has 2 rings (SSSR count). The van der Waals surface area contributed by atoms with Crippen LogP contribution in [0.2, 0.25) is 0 Å². The molecule has 0 bridgehead atoms. The number of carbonyl (C=O) groups excluding carboxylic acids is 1. The van der Waals surface area contributed by atoms with Gasteiger partial charge in [-0.25, -0.2) is 0 Å². The number of nitrogens with zero attached hydrogens (tertiary/aromatic N) is 3. The van der Waals surface area contributed by atoms with Crippen molar-refractivity contribution in [1.29, 1.82) is 0 Å². The van der Waals surface area contributed by atoms with Crippen molar-refractivity contribution in [2.75, 3.05) is 6.54 Å². The lowest BCUT2D eigenvalue weighted by Crippen LogP contribution is -2.45. The Kier molecular flexibility index (Phi) is 5.11. The number of aryl methyl sites for hydroxylation is 1. The fraction of sp³-hybridized carbons (Fsp3) is 0.786. The SMILES string of the molecule is CCC1CCC(O)(CNC(=O)CCn2ccnn2)CC1. The molecule has 1 amide bonds. The molecule has 1 fully saturated rings. The summed E-state index contributed by atoms with van der Waals surface area (Å²) in [6, 6.07) is 0. The van der Waals surface area contributed by atoms with Crippen LogP contribution in [-0.2, 0) is 11.3 Å². The molecule has 112 valence electrons. The molecule has 1 aliphatic rings. The molecule has 1 saturated carbocycles. The van der Waals surface area contributed by atoms with Gasteiger partial charge in [0.25, 0.3) is 0 Å². The van der Waals surface area contributed by atoms with Gasteiger partial charge in [-0.05, 0) is 31.6 Å². The van der Waals surface area contributed by atoms with Crippen molar-refractivity contribution in [2.24, 2.45) is 5.92 Å². The van der Waals surface area contributed by atoms with Crippen molar-refractivity contribution in [2.45, 2.75) is 57.6 Å². The lowest BCUT2D eigenvalue weighted by molar-refractivity contribution is -0.123. The molecule has 0 atom stereocenters. The summed E-state index contributed by atoms with van der Waals surface area (Å²) in [5.74, 6) is 0.685. The van der Waals surface area contributed by atoms with E-state index in [4.69, 9.17) is 0 Å². The third kappa shape index (κ3) is 4.30. The third-order valence-corrected chi connectivity index (χ3v) is 4.27. The van der Waals surface area contributed by atoms with Gasteiger partial charge in [0.1, 0.15) is 0 Å². The van der Waals surface area contributed by atoms with Gasteiger partial charge in [0.15, 0.2) is 0 Å². The van der Waals surface area contributed by atoms with Crippen LogP contribution in [0.3, 0.4) is 0 Å². The highest BCUT2D eigenvalue weighted by molar-refractivity contribution is 5.75. The number of hydrogen-bond acceptors (Lipinski definition) is 4. The minimum Gasteiger partial charge on any atom is -0.388 e. The Balaban J connectivity index is 1.67. The van der Waals surface area contributed by atoms with Gasteiger partial charge >= 0.3 is 0 Å². The molecule has 1 aromatic heterocycles. The molecule has 0 aliphatic heterocycles. The van der Waals surface area contributed by atoms with Crippen molar-refractivity contribution >= 4 is 5.91 Å². The first-order valence-electron chi connectivity index (χ1n) is 7.44. The summed E-state index contributed by atoms with van der Waals surface area (Å²) in [5, 5.41) is 20.8. The van der Waals surface area contributed by atoms with Gasteiger partial charge < -0.3 is 10.4 Å². The predicted molar refractivity (Wildman–Crippen MR) is 74.8 cm³/mol. The molecule has 2 N–H and O–H groups in total. The van der Waals surface area contributed by atoms with E-state index in [0.717, 1.165) is 31.6 Å². The topological polar surface area (TPSA) is 80.0 Å². The highest BCUT2D eigenvalue weighted by Crippen LogP contribution is 2.33. The second-order valence-electron chi connectivity index (χ2n) is 5.77. The summed E-state index contributed by atoms with van der Waals surface area (Å²) in [5.41, 5.74) is -0.714. The molecule has 6 nitrogen and oxygen atoms in total. The summed E-state index contributed by atoms with van der Waals surface area (Å²) in [4.78, 5) is 11.8. The molecular formula is C14H24N4O2. The molecule has 20 heavy (non-hydrogen) atoms. The molecule has 0 saturated heterocycles. The van der Waals surface area contributed by atoms with Crippen molar-refractivity contribution in [3.05, 3.63) is 12.4 Å².